The van der Waals surface area contributed by atoms with Gasteiger partial charge < -0.3 is 15.0 Å². The van der Waals surface area contributed by atoms with Gasteiger partial charge in [-0.05, 0) is 0 Å². The lowest BCUT2D eigenvalue weighted by Gasteiger charge is -2.30. The van der Waals surface area contributed by atoms with Gasteiger partial charge in [0.15, 0.2) is 5.13 Å². The molecule has 6 heteroatoms. The molecule has 1 saturated heterocycles. The monoisotopic (exact) mass is 245 g/mol. The van der Waals surface area contributed by atoms with Gasteiger partial charge in [0, 0.05) is 30.7 Å². The number of halogens is 1. The largest absolute Gasteiger partial charge is 0.345 e. The minimum atomic E-state index is -0.0814. The van der Waals surface area contributed by atoms with Crippen molar-refractivity contribution in [1.82, 2.24) is 10.3 Å². The van der Waals surface area contributed by atoms with Gasteiger partial charge in [0.25, 0.3) is 0 Å². The normalized spacial score (nSPS) is 21.7. The molecular formula is C9H12ClN3OS. The summed E-state index contributed by atoms with van der Waals surface area (Å²) in [6.07, 6.45) is 2.74. The Morgan fingerprint density at radius 1 is 1.80 bits per heavy atom. The van der Waals surface area contributed by atoms with E-state index in [9.17, 15) is 4.79 Å². The second-order valence-corrected chi connectivity index (χ2v) is 4.75. The van der Waals surface area contributed by atoms with Crippen LogP contribution in [0.5, 0.6) is 0 Å². The number of hydrogen-bond acceptors (Lipinski definition) is 5. The number of piperazine rings is 1. The van der Waals surface area contributed by atoms with Gasteiger partial charge in [-0.25, -0.2) is 4.98 Å². The van der Waals surface area contributed by atoms with E-state index in [2.05, 4.69) is 15.2 Å². The van der Waals surface area contributed by atoms with Crippen LogP contribution in [0.3, 0.4) is 0 Å². The van der Waals surface area contributed by atoms with E-state index in [1.165, 1.54) is 0 Å². The third-order valence-electron chi connectivity index (χ3n) is 2.31. The van der Waals surface area contributed by atoms with E-state index in [0.717, 1.165) is 29.4 Å². The third kappa shape index (κ3) is 2.48. The van der Waals surface area contributed by atoms with Crippen LogP contribution in [0.1, 0.15) is 4.88 Å². The van der Waals surface area contributed by atoms with Crippen molar-refractivity contribution >= 4 is 34.4 Å². The van der Waals surface area contributed by atoms with Crippen LogP contribution < -0.4 is 10.2 Å². The molecule has 1 aliphatic heterocycles. The molecule has 1 atom stereocenters. The molecule has 2 heterocycles. The van der Waals surface area contributed by atoms with Gasteiger partial charge in [-0.1, -0.05) is 0 Å². The molecule has 1 aromatic heterocycles. The molecule has 15 heavy (non-hydrogen) atoms. The van der Waals surface area contributed by atoms with Crippen LogP contribution in [0, 0.1) is 0 Å². The number of carbonyl (C=O) groups is 1. The highest BCUT2D eigenvalue weighted by atomic mass is 35.5. The zero-order valence-corrected chi connectivity index (χ0v) is 9.72. The molecule has 82 valence electrons. The highest BCUT2D eigenvalue weighted by Crippen LogP contribution is 2.24. The van der Waals surface area contributed by atoms with E-state index in [1.54, 1.807) is 17.5 Å². The second-order valence-electron chi connectivity index (χ2n) is 3.39. The molecule has 0 radical (unpaired) electrons. The lowest BCUT2D eigenvalue weighted by molar-refractivity contribution is -0.109. The first-order valence-electron chi connectivity index (χ1n) is 4.78. The van der Waals surface area contributed by atoms with E-state index in [-0.39, 0.29) is 6.04 Å². The van der Waals surface area contributed by atoms with Crippen LogP contribution in [-0.4, -0.2) is 36.9 Å². The molecule has 2 rings (SSSR count). The first kappa shape index (κ1) is 10.9. The summed E-state index contributed by atoms with van der Waals surface area (Å²) in [7, 11) is 0. The van der Waals surface area contributed by atoms with Gasteiger partial charge in [-0.2, -0.15) is 0 Å². The first-order chi connectivity index (χ1) is 7.33. The smallest absolute Gasteiger partial charge is 0.185 e. The summed E-state index contributed by atoms with van der Waals surface area (Å²) in [5.41, 5.74) is 0. The van der Waals surface area contributed by atoms with E-state index in [4.69, 9.17) is 11.6 Å². The molecule has 0 spiro atoms. The van der Waals surface area contributed by atoms with Gasteiger partial charge >= 0.3 is 0 Å². The van der Waals surface area contributed by atoms with Gasteiger partial charge in [-0.15, -0.1) is 22.9 Å². The number of alkyl halides is 1. The summed E-state index contributed by atoms with van der Waals surface area (Å²) >= 11 is 7.31. The number of rotatable bonds is 3. The third-order valence-corrected chi connectivity index (χ3v) is 3.82. The Balaban J connectivity index is 2.06. The van der Waals surface area contributed by atoms with Crippen LogP contribution in [-0.2, 0) is 10.7 Å². The summed E-state index contributed by atoms with van der Waals surface area (Å²) in [4.78, 5) is 18.2. The van der Waals surface area contributed by atoms with Crippen molar-refractivity contribution in [2.45, 2.75) is 11.9 Å². The number of nitrogens with zero attached hydrogens (tertiary/aromatic N) is 2. The Morgan fingerprint density at radius 3 is 3.33 bits per heavy atom. The van der Waals surface area contributed by atoms with Gasteiger partial charge in [0.1, 0.15) is 6.29 Å². The predicted octanol–water partition coefficient (Wildman–Crippen LogP) is 0.859. The van der Waals surface area contributed by atoms with Crippen LogP contribution in [0.4, 0.5) is 5.13 Å². The molecule has 0 saturated carbocycles. The lowest BCUT2D eigenvalue weighted by Crippen LogP contribution is -2.51. The van der Waals surface area contributed by atoms with Crippen molar-refractivity contribution < 1.29 is 4.79 Å². The highest BCUT2D eigenvalue weighted by Gasteiger charge is 2.20. The number of carbonyl (C=O) groups excluding carboxylic acids is 1. The fourth-order valence-electron chi connectivity index (χ4n) is 1.55. The average Bonchev–Trinajstić information content (AvgIpc) is 2.78. The number of nitrogens with one attached hydrogen (secondary N) is 1. The van der Waals surface area contributed by atoms with Crippen LogP contribution in [0.15, 0.2) is 6.20 Å². The summed E-state index contributed by atoms with van der Waals surface area (Å²) in [5.74, 6) is 0.501. The maximum Gasteiger partial charge on any atom is 0.185 e. The van der Waals surface area contributed by atoms with Crippen molar-refractivity contribution in [1.29, 1.82) is 0 Å². The van der Waals surface area contributed by atoms with Gasteiger partial charge in [0.2, 0.25) is 0 Å². The van der Waals surface area contributed by atoms with Crippen molar-refractivity contribution in [3.05, 3.63) is 11.1 Å². The Bertz CT molecular complexity index is 344. The molecule has 1 aromatic rings. The van der Waals surface area contributed by atoms with Crippen molar-refractivity contribution in [2.24, 2.45) is 0 Å². The van der Waals surface area contributed by atoms with E-state index in [0.29, 0.717) is 12.4 Å². The second kappa shape index (κ2) is 4.92. The van der Waals surface area contributed by atoms with Crippen LogP contribution >= 0.6 is 22.9 Å². The number of hydrogen-bond donors (Lipinski definition) is 1. The molecule has 0 amide bonds. The number of thiazole rings is 1. The minimum Gasteiger partial charge on any atom is -0.345 e. The Labute approximate surface area is 97.2 Å². The zero-order valence-electron chi connectivity index (χ0n) is 8.15. The summed E-state index contributed by atoms with van der Waals surface area (Å²) in [5, 5.41) is 4.09. The van der Waals surface area contributed by atoms with Crippen molar-refractivity contribution in [2.75, 3.05) is 24.5 Å². The number of aldehydes is 1. The maximum atomic E-state index is 10.7. The number of aromatic nitrogens is 1. The van der Waals surface area contributed by atoms with Crippen molar-refractivity contribution in [3.63, 3.8) is 0 Å². The maximum absolute atomic E-state index is 10.7. The Kier molecular flexibility index (Phi) is 3.56. The lowest BCUT2D eigenvalue weighted by atomic mass is 10.2. The molecule has 1 N–H and O–H groups in total. The molecule has 1 fully saturated rings. The number of anilines is 1. The average molecular weight is 246 g/mol. The Morgan fingerprint density at radius 2 is 2.67 bits per heavy atom. The molecule has 1 aliphatic rings. The van der Waals surface area contributed by atoms with Crippen LogP contribution in [0.2, 0.25) is 0 Å². The molecule has 0 aliphatic carbocycles. The molecule has 0 bridgehead atoms. The molecule has 1 unspecified atom stereocenters. The summed E-state index contributed by atoms with van der Waals surface area (Å²) in [6.45, 7) is 2.40. The standard InChI is InChI=1S/C9H12ClN3OS/c10-3-8-4-12-9(15-8)13-2-1-11-7(5-13)6-14/h4,6-7,11H,1-3,5H2. The topological polar surface area (TPSA) is 45.2 Å². The van der Waals surface area contributed by atoms with Crippen LogP contribution in [0.25, 0.3) is 0 Å². The Hall–Kier alpha value is -0.650. The summed E-state index contributed by atoms with van der Waals surface area (Å²) < 4.78 is 0. The van der Waals surface area contributed by atoms with Gasteiger partial charge in [0.05, 0.1) is 11.9 Å². The van der Waals surface area contributed by atoms with E-state index < -0.39 is 0 Å². The summed E-state index contributed by atoms with van der Waals surface area (Å²) in [6, 6.07) is -0.0814. The molecule has 4 nitrogen and oxygen atoms in total. The highest BCUT2D eigenvalue weighted by molar-refractivity contribution is 7.15. The predicted molar refractivity (Wildman–Crippen MR) is 61.7 cm³/mol. The first-order valence-corrected chi connectivity index (χ1v) is 6.13. The molecule has 0 aromatic carbocycles. The quantitative estimate of drug-likeness (QED) is 0.634. The fraction of sp³-hybridized carbons (Fsp3) is 0.556. The minimum absolute atomic E-state index is 0.0814. The van der Waals surface area contributed by atoms with E-state index in [1.807, 2.05) is 0 Å². The SMILES string of the molecule is O=CC1CN(c2ncc(CCl)s2)CCN1. The van der Waals surface area contributed by atoms with Gasteiger partial charge in [-0.3, -0.25) is 0 Å². The fourth-order valence-corrected chi connectivity index (χ4v) is 2.58. The molecular weight excluding hydrogens is 234 g/mol. The zero-order chi connectivity index (χ0) is 10.7. The van der Waals surface area contributed by atoms with E-state index >= 15 is 0 Å². The van der Waals surface area contributed by atoms with Crippen molar-refractivity contribution in [3.8, 4) is 0 Å².